The highest BCUT2D eigenvalue weighted by atomic mass is 16.2. The maximum absolute atomic E-state index is 12.1. The van der Waals surface area contributed by atoms with Crippen molar-refractivity contribution in [3.05, 3.63) is 0 Å². The third kappa shape index (κ3) is 5.38. The van der Waals surface area contributed by atoms with E-state index in [2.05, 4.69) is 13.8 Å². The van der Waals surface area contributed by atoms with E-state index in [1.807, 2.05) is 11.9 Å². The minimum Gasteiger partial charge on any atom is -0.346 e. The second-order valence-electron chi connectivity index (χ2n) is 6.22. The van der Waals surface area contributed by atoms with E-state index in [1.165, 1.54) is 32.1 Å². The molecule has 3 heteroatoms. The second-order valence-corrected chi connectivity index (χ2v) is 6.22. The molecule has 1 saturated carbocycles. The molecule has 0 radical (unpaired) electrons. The topological polar surface area (TPSA) is 46.3 Å². The van der Waals surface area contributed by atoms with Gasteiger partial charge >= 0.3 is 0 Å². The lowest BCUT2D eigenvalue weighted by molar-refractivity contribution is -0.131. The van der Waals surface area contributed by atoms with Crippen LogP contribution in [0.4, 0.5) is 0 Å². The van der Waals surface area contributed by atoms with Crippen LogP contribution in [0.1, 0.15) is 58.8 Å². The monoisotopic (exact) mass is 254 g/mol. The first-order valence-corrected chi connectivity index (χ1v) is 7.50. The molecular formula is C15H30N2O. The molecule has 1 fully saturated rings. The summed E-state index contributed by atoms with van der Waals surface area (Å²) in [5.41, 5.74) is 6.01. The maximum atomic E-state index is 12.1. The summed E-state index contributed by atoms with van der Waals surface area (Å²) in [6.45, 7) is 5.06. The van der Waals surface area contributed by atoms with Gasteiger partial charge in [0, 0.05) is 26.1 Å². The quantitative estimate of drug-likeness (QED) is 0.792. The number of hydrogen-bond donors (Lipinski definition) is 1. The Balaban J connectivity index is 2.23. The first-order valence-electron chi connectivity index (χ1n) is 7.50. The van der Waals surface area contributed by atoms with E-state index in [9.17, 15) is 4.79 Å². The van der Waals surface area contributed by atoms with Crippen molar-refractivity contribution in [3.63, 3.8) is 0 Å². The summed E-state index contributed by atoms with van der Waals surface area (Å²) in [6, 6.07) is 0.204. The van der Waals surface area contributed by atoms with Gasteiger partial charge in [-0.25, -0.2) is 0 Å². The fourth-order valence-electron chi connectivity index (χ4n) is 2.59. The zero-order valence-corrected chi connectivity index (χ0v) is 12.3. The number of carbonyl (C=O) groups excluding carboxylic acids is 1. The van der Waals surface area contributed by atoms with Crippen LogP contribution in [-0.4, -0.2) is 30.4 Å². The van der Waals surface area contributed by atoms with E-state index in [1.54, 1.807) is 0 Å². The van der Waals surface area contributed by atoms with Crippen molar-refractivity contribution < 1.29 is 4.79 Å². The predicted octanol–water partition coefficient (Wildman–Crippen LogP) is 2.79. The largest absolute Gasteiger partial charge is 0.346 e. The number of amides is 1. The lowest BCUT2D eigenvalue weighted by Crippen LogP contribution is -2.35. The molecule has 18 heavy (non-hydrogen) atoms. The van der Waals surface area contributed by atoms with Crippen LogP contribution in [0, 0.1) is 11.8 Å². The Morgan fingerprint density at radius 2 is 1.89 bits per heavy atom. The van der Waals surface area contributed by atoms with Crippen molar-refractivity contribution in [2.45, 2.75) is 64.8 Å². The maximum Gasteiger partial charge on any atom is 0.222 e. The van der Waals surface area contributed by atoms with E-state index in [-0.39, 0.29) is 6.04 Å². The van der Waals surface area contributed by atoms with Gasteiger partial charge in [-0.2, -0.15) is 0 Å². The molecule has 0 bridgehead atoms. The minimum absolute atomic E-state index is 0.204. The number of nitrogens with two attached hydrogens (primary N) is 1. The van der Waals surface area contributed by atoms with Gasteiger partial charge in [0.05, 0.1) is 0 Å². The normalized spacial score (nSPS) is 18.9. The Hall–Kier alpha value is -0.570. The molecule has 1 unspecified atom stereocenters. The molecule has 2 N–H and O–H groups in total. The Labute approximate surface area is 112 Å². The van der Waals surface area contributed by atoms with E-state index in [0.717, 1.165) is 19.4 Å². The van der Waals surface area contributed by atoms with E-state index < -0.39 is 0 Å². The molecule has 0 spiro atoms. The highest BCUT2D eigenvalue weighted by Crippen LogP contribution is 2.26. The standard InChI is InChI=1S/C15H30N2O/c1-12(2)14(16)9-10-17(3)15(18)11-13-7-5-4-6-8-13/h12-14H,4-11,16H2,1-3H3. The average molecular weight is 254 g/mol. The van der Waals surface area contributed by atoms with Gasteiger partial charge in [-0.3, -0.25) is 4.79 Å². The van der Waals surface area contributed by atoms with Gasteiger partial charge in [-0.1, -0.05) is 33.1 Å². The fourth-order valence-corrected chi connectivity index (χ4v) is 2.59. The molecule has 1 rings (SSSR count). The zero-order chi connectivity index (χ0) is 13.5. The summed E-state index contributed by atoms with van der Waals surface area (Å²) >= 11 is 0. The molecule has 1 amide bonds. The SMILES string of the molecule is CC(C)C(N)CCN(C)C(=O)CC1CCCCC1. The Morgan fingerprint density at radius 3 is 2.44 bits per heavy atom. The first kappa shape index (κ1) is 15.5. The van der Waals surface area contributed by atoms with Gasteiger partial charge in [-0.15, -0.1) is 0 Å². The van der Waals surface area contributed by atoms with Crippen molar-refractivity contribution in [1.29, 1.82) is 0 Å². The number of carbonyl (C=O) groups is 1. The lowest BCUT2D eigenvalue weighted by Gasteiger charge is -2.25. The summed E-state index contributed by atoms with van der Waals surface area (Å²) in [4.78, 5) is 14.0. The Bertz CT molecular complexity index is 247. The van der Waals surface area contributed by atoms with Crippen LogP contribution in [0.25, 0.3) is 0 Å². The predicted molar refractivity (Wildman–Crippen MR) is 76.3 cm³/mol. The van der Waals surface area contributed by atoms with Gasteiger partial charge in [-0.05, 0) is 31.1 Å². The first-order chi connectivity index (χ1) is 8.50. The third-order valence-electron chi connectivity index (χ3n) is 4.27. The molecule has 0 saturated heterocycles. The van der Waals surface area contributed by atoms with Crippen LogP contribution in [0.3, 0.4) is 0 Å². The van der Waals surface area contributed by atoms with Gasteiger partial charge in [0.1, 0.15) is 0 Å². The van der Waals surface area contributed by atoms with Crippen molar-refractivity contribution in [2.24, 2.45) is 17.6 Å². The summed E-state index contributed by atoms with van der Waals surface area (Å²) in [7, 11) is 1.91. The molecule has 0 aliphatic heterocycles. The zero-order valence-electron chi connectivity index (χ0n) is 12.3. The molecule has 0 aromatic rings. The van der Waals surface area contributed by atoms with Crippen LogP contribution in [-0.2, 0) is 4.79 Å². The Morgan fingerprint density at radius 1 is 1.28 bits per heavy atom. The van der Waals surface area contributed by atoms with Crippen LogP contribution >= 0.6 is 0 Å². The van der Waals surface area contributed by atoms with E-state index in [4.69, 9.17) is 5.73 Å². The second kappa shape index (κ2) is 7.78. The van der Waals surface area contributed by atoms with Crippen LogP contribution in [0.15, 0.2) is 0 Å². The Kier molecular flexibility index (Phi) is 6.69. The molecule has 0 aromatic carbocycles. The molecule has 3 nitrogen and oxygen atoms in total. The van der Waals surface area contributed by atoms with Crippen molar-refractivity contribution in [3.8, 4) is 0 Å². The van der Waals surface area contributed by atoms with Crippen LogP contribution in [0.2, 0.25) is 0 Å². The number of hydrogen-bond acceptors (Lipinski definition) is 2. The molecule has 1 aliphatic carbocycles. The number of nitrogens with zero attached hydrogens (tertiary/aromatic N) is 1. The van der Waals surface area contributed by atoms with Gasteiger partial charge in [0.15, 0.2) is 0 Å². The average Bonchev–Trinajstić information content (AvgIpc) is 2.36. The van der Waals surface area contributed by atoms with Gasteiger partial charge in [0.2, 0.25) is 5.91 Å². The molecular weight excluding hydrogens is 224 g/mol. The van der Waals surface area contributed by atoms with E-state index >= 15 is 0 Å². The molecule has 0 aromatic heterocycles. The molecule has 106 valence electrons. The van der Waals surface area contributed by atoms with Gasteiger partial charge < -0.3 is 10.6 Å². The van der Waals surface area contributed by atoms with Crippen molar-refractivity contribution >= 4 is 5.91 Å². The van der Waals surface area contributed by atoms with Crippen molar-refractivity contribution in [1.82, 2.24) is 4.90 Å². The summed E-state index contributed by atoms with van der Waals surface area (Å²) in [5.74, 6) is 1.43. The van der Waals surface area contributed by atoms with E-state index in [0.29, 0.717) is 17.7 Å². The molecule has 1 aliphatic rings. The smallest absolute Gasteiger partial charge is 0.222 e. The van der Waals surface area contributed by atoms with Gasteiger partial charge in [0.25, 0.3) is 0 Å². The summed E-state index contributed by atoms with van der Waals surface area (Å²) < 4.78 is 0. The third-order valence-corrected chi connectivity index (χ3v) is 4.27. The highest BCUT2D eigenvalue weighted by molar-refractivity contribution is 5.76. The lowest BCUT2D eigenvalue weighted by atomic mass is 9.86. The fraction of sp³-hybridized carbons (Fsp3) is 0.933. The summed E-state index contributed by atoms with van der Waals surface area (Å²) in [6.07, 6.45) is 8.09. The highest BCUT2D eigenvalue weighted by Gasteiger charge is 2.19. The summed E-state index contributed by atoms with van der Waals surface area (Å²) in [5, 5.41) is 0. The minimum atomic E-state index is 0.204. The van der Waals surface area contributed by atoms with Crippen LogP contribution < -0.4 is 5.73 Å². The number of rotatable bonds is 6. The van der Waals surface area contributed by atoms with Crippen LogP contribution in [0.5, 0.6) is 0 Å². The molecule has 0 heterocycles. The molecule has 1 atom stereocenters. The van der Waals surface area contributed by atoms with Crippen molar-refractivity contribution in [2.75, 3.05) is 13.6 Å².